The maximum Gasteiger partial charge on any atom is 0.239 e. The Balaban J connectivity index is 0. The molecule has 0 aliphatic carbocycles. The Kier molecular flexibility index (Phi) is 10.2. The van der Waals surface area contributed by atoms with Crippen LogP contribution in [-0.2, 0) is 4.79 Å². The van der Waals surface area contributed by atoms with Crippen LogP contribution in [0.3, 0.4) is 0 Å². The Bertz CT molecular complexity index is 177. The Morgan fingerprint density at radius 1 is 1.47 bits per heavy atom. The van der Waals surface area contributed by atoms with E-state index in [1.165, 1.54) is 0 Å². The summed E-state index contributed by atoms with van der Waals surface area (Å²) >= 11 is 0. The van der Waals surface area contributed by atoms with E-state index in [1.807, 2.05) is 20.8 Å². The van der Waals surface area contributed by atoms with Gasteiger partial charge in [0.2, 0.25) is 5.91 Å². The lowest BCUT2D eigenvalue weighted by molar-refractivity contribution is -0.125. The van der Waals surface area contributed by atoms with Gasteiger partial charge in [-0.05, 0) is 12.3 Å². The van der Waals surface area contributed by atoms with Crippen molar-refractivity contribution in [1.29, 1.82) is 0 Å². The largest absolute Gasteiger partial charge is 0.391 e. The van der Waals surface area contributed by atoms with Crippen molar-refractivity contribution in [1.82, 2.24) is 5.32 Å². The van der Waals surface area contributed by atoms with Gasteiger partial charge in [-0.2, -0.15) is 0 Å². The van der Waals surface area contributed by atoms with E-state index in [0.717, 1.165) is 6.42 Å². The molecule has 1 amide bonds. The SMILES string of the molecule is CCC[C@@H](O)[C@H](N)C(=O)NCC(C)C.Cl. The first-order valence-corrected chi connectivity index (χ1v) is 5.20. The van der Waals surface area contributed by atoms with Crippen LogP contribution in [0.4, 0.5) is 0 Å². The number of carbonyl (C=O) groups is 1. The van der Waals surface area contributed by atoms with E-state index in [1.54, 1.807) is 0 Å². The van der Waals surface area contributed by atoms with Crippen LogP contribution in [0.25, 0.3) is 0 Å². The van der Waals surface area contributed by atoms with Crippen molar-refractivity contribution in [2.45, 2.75) is 45.8 Å². The van der Waals surface area contributed by atoms with E-state index in [-0.39, 0.29) is 18.3 Å². The Labute approximate surface area is 98.0 Å². The number of rotatable bonds is 6. The second-order valence-corrected chi connectivity index (χ2v) is 4.02. The molecule has 0 unspecified atom stereocenters. The third-order valence-electron chi connectivity index (χ3n) is 1.99. The van der Waals surface area contributed by atoms with Crippen molar-refractivity contribution in [3.8, 4) is 0 Å². The van der Waals surface area contributed by atoms with E-state index < -0.39 is 12.1 Å². The van der Waals surface area contributed by atoms with Gasteiger partial charge in [0, 0.05) is 6.54 Å². The fourth-order valence-corrected chi connectivity index (χ4v) is 1.07. The van der Waals surface area contributed by atoms with Gasteiger partial charge in [0.1, 0.15) is 6.04 Å². The van der Waals surface area contributed by atoms with E-state index in [2.05, 4.69) is 5.32 Å². The Hall–Kier alpha value is -0.320. The summed E-state index contributed by atoms with van der Waals surface area (Å²) in [6.45, 7) is 6.57. The van der Waals surface area contributed by atoms with Crippen LogP contribution >= 0.6 is 12.4 Å². The van der Waals surface area contributed by atoms with E-state index in [0.29, 0.717) is 18.9 Å². The molecule has 0 aliphatic heterocycles. The summed E-state index contributed by atoms with van der Waals surface area (Å²) in [4.78, 5) is 11.4. The highest BCUT2D eigenvalue weighted by atomic mass is 35.5. The van der Waals surface area contributed by atoms with Crippen molar-refractivity contribution in [3.63, 3.8) is 0 Å². The summed E-state index contributed by atoms with van der Waals surface area (Å²) in [7, 11) is 0. The number of carbonyl (C=O) groups excluding carboxylic acids is 1. The molecule has 2 atom stereocenters. The lowest BCUT2D eigenvalue weighted by atomic mass is 10.1. The minimum Gasteiger partial charge on any atom is -0.391 e. The van der Waals surface area contributed by atoms with Crippen LogP contribution in [-0.4, -0.2) is 29.7 Å². The van der Waals surface area contributed by atoms with Crippen molar-refractivity contribution in [3.05, 3.63) is 0 Å². The number of halogens is 1. The molecular formula is C10H23ClN2O2. The topological polar surface area (TPSA) is 75.3 Å². The number of hydrogen-bond donors (Lipinski definition) is 3. The molecule has 5 heteroatoms. The summed E-state index contributed by atoms with van der Waals surface area (Å²) in [6, 6.07) is -0.798. The van der Waals surface area contributed by atoms with Gasteiger partial charge in [-0.1, -0.05) is 27.2 Å². The first-order valence-electron chi connectivity index (χ1n) is 5.20. The first-order chi connectivity index (χ1) is 6.49. The summed E-state index contributed by atoms with van der Waals surface area (Å²) in [6.07, 6.45) is 0.662. The number of hydrogen-bond acceptors (Lipinski definition) is 3. The van der Waals surface area contributed by atoms with Gasteiger partial charge in [0.05, 0.1) is 6.10 Å². The second-order valence-electron chi connectivity index (χ2n) is 4.02. The lowest BCUT2D eigenvalue weighted by Gasteiger charge is -2.18. The van der Waals surface area contributed by atoms with E-state index in [9.17, 15) is 9.90 Å². The minimum atomic E-state index is -0.798. The maximum atomic E-state index is 11.4. The molecule has 0 saturated carbocycles. The zero-order valence-electron chi connectivity index (χ0n) is 9.69. The molecule has 0 aromatic carbocycles. The molecule has 4 N–H and O–H groups in total. The molecule has 0 radical (unpaired) electrons. The van der Waals surface area contributed by atoms with Gasteiger partial charge in [0.25, 0.3) is 0 Å². The smallest absolute Gasteiger partial charge is 0.239 e. The highest BCUT2D eigenvalue weighted by Crippen LogP contribution is 2.00. The summed E-state index contributed by atoms with van der Waals surface area (Å²) < 4.78 is 0. The van der Waals surface area contributed by atoms with Crippen LogP contribution < -0.4 is 11.1 Å². The Morgan fingerprint density at radius 3 is 2.40 bits per heavy atom. The number of aliphatic hydroxyl groups excluding tert-OH is 1. The number of amides is 1. The standard InChI is InChI=1S/C10H22N2O2.ClH/c1-4-5-8(13)9(11)10(14)12-6-7(2)3;/h7-9,13H,4-6,11H2,1-3H3,(H,12,14);1H/t8-,9+;/m1./s1. The molecule has 0 bridgehead atoms. The van der Waals surface area contributed by atoms with Crippen LogP contribution in [0, 0.1) is 5.92 Å². The van der Waals surface area contributed by atoms with E-state index >= 15 is 0 Å². The van der Waals surface area contributed by atoms with Gasteiger partial charge >= 0.3 is 0 Å². The predicted octanol–water partition coefficient (Wildman–Crippen LogP) is 0.669. The molecule has 15 heavy (non-hydrogen) atoms. The molecule has 0 aromatic heterocycles. The van der Waals surface area contributed by atoms with Gasteiger partial charge in [0.15, 0.2) is 0 Å². The van der Waals surface area contributed by atoms with Crippen molar-refractivity contribution in [2.75, 3.05) is 6.54 Å². The highest BCUT2D eigenvalue weighted by molar-refractivity contribution is 5.85. The van der Waals surface area contributed by atoms with Crippen LogP contribution in [0.5, 0.6) is 0 Å². The van der Waals surface area contributed by atoms with E-state index in [4.69, 9.17) is 5.73 Å². The highest BCUT2D eigenvalue weighted by Gasteiger charge is 2.21. The maximum absolute atomic E-state index is 11.4. The average molecular weight is 239 g/mol. The molecule has 0 aromatic rings. The van der Waals surface area contributed by atoms with Crippen LogP contribution in [0.2, 0.25) is 0 Å². The molecular weight excluding hydrogens is 216 g/mol. The summed E-state index contributed by atoms with van der Waals surface area (Å²) in [5.74, 6) is 0.133. The molecule has 0 spiro atoms. The fourth-order valence-electron chi connectivity index (χ4n) is 1.07. The Morgan fingerprint density at radius 2 is 2.00 bits per heavy atom. The van der Waals surface area contributed by atoms with Crippen LogP contribution in [0.15, 0.2) is 0 Å². The molecule has 92 valence electrons. The van der Waals surface area contributed by atoms with Gasteiger partial charge < -0.3 is 16.2 Å². The second kappa shape index (κ2) is 8.95. The molecule has 0 heterocycles. The van der Waals surface area contributed by atoms with Gasteiger partial charge in [-0.25, -0.2) is 0 Å². The molecule has 0 saturated heterocycles. The summed E-state index contributed by atoms with van der Waals surface area (Å²) in [5, 5.41) is 12.2. The van der Waals surface area contributed by atoms with Crippen LogP contribution in [0.1, 0.15) is 33.6 Å². The zero-order valence-corrected chi connectivity index (χ0v) is 10.5. The lowest BCUT2D eigenvalue weighted by Crippen LogP contribution is -2.48. The number of nitrogens with two attached hydrogens (primary N) is 1. The third-order valence-corrected chi connectivity index (χ3v) is 1.99. The molecule has 0 fully saturated rings. The molecule has 4 nitrogen and oxygen atoms in total. The average Bonchev–Trinajstić information content (AvgIpc) is 2.13. The van der Waals surface area contributed by atoms with Crippen molar-refractivity contribution in [2.24, 2.45) is 11.7 Å². The first kappa shape index (κ1) is 17.1. The predicted molar refractivity (Wildman–Crippen MR) is 64.0 cm³/mol. The summed E-state index contributed by atoms with van der Waals surface area (Å²) in [5.41, 5.74) is 5.57. The number of nitrogens with one attached hydrogen (secondary N) is 1. The normalized spacial score (nSPS) is 14.3. The molecule has 0 rings (SSSR count). The van der Waals surface area contributed by atoms with Crippen molar-refractivity contribution < 1.29 is 9.90 Å². The van der Waals surface area contributed by atoms with Gasteiger partial charge in [-0.3, -0.25) is 4.79 Å². The quantitative estimate of drug-likeness (QED) is 0.637. The molecule has 0 aliphatic rings. The fraction of sp³-hybridized carbons (Fsp3) is 0.900. The van der Waals surface area contributed by atoms with Crippen molar-refractivity contribution >= 4 is 18.3 Å². The number of aliphatic hydroxyl groups is 1. The van der Waals surface area contributed by atoms with Gasteiger partial charge in [-0.15, -0.1) is 12.4 Å². The third kappa shape index (κ3) is 7.59. The zero-order chi connectivity index (χ0) is 11.1. The monoisotopic (exact) mass is 238 g/mol. The minimum absolute atomic E-state index is 0.